The monoisotopic (exact) mass is 339 g/mol. The molecule has 0 bridgehead atoms. The molecule has 0 unspecified atom stereocenters. The minimum absolute atomic E-state index is 0.355. The van der Waals surface area contributed by atoms with Crippen molar-refractivity contribution < 1.29 is 0 Å². The number of aromatic nitrogens is 4. The molecule has 0 aliphatic carbocycles. The van der Waals surface area contributed by atoms with Gasteiger partial charge in [-0.3, -0.25) is 0 Å². The second-order valence-corrected chi connectivity index (χ2v) is 5.44. The lowest BCUT2D eigenvalue weighted by atomic mass is 10.1. The molecule has 0 saturated carbocycles. The molecule has 106 valence electrons. The summed E-state index contributed by atoms with van der Waals surface area (Å²) in [4.78, 5) is 0. The molecule has 0 radical (unpaired) electrons. The van der Waals surface area contributed by atoms with E-state index in [2.05, 4.69) is 15.5 Å². The average molecular weight is 341 g/mol. The van der Waals surface area contributed by atoms with Gasteiger partial charge in [-0.05, 0) is 40.8 Å². The van der Waals surface area contributed by atoms with E-state index in [0.29, 0.717) is 37.8 Å². The third-order valence-electron chi connectivity index (χ3n) is 2.89. The zero-order valence-electron chi connectivity index (χ0n) is 10.5. The highest BCUT2D eigenvalue weighted by molar-refractivity contribution is 6.43. The number of hydrogen-bond donors (Lipinski definition) is 1. The molecule has 0 spiro atoms. The van der Waals surface area contributed by atoms with Gasteiger partial charge in [0.15, 0.2) is 5.82 Å². The van der Waals surface area contributed by atoms with E-state index >= 15 is 0 Å². The lowest BCUT2D eigenvalue weighted by Gasteiger charge is -2.09. The second kappa shape index (κ2) is 5.52. The zero-order valence-corrected chi connectivity index (χ0v) is 12.7. The SMILES string of the molecule is Nc1ccc(Cl)cc1-c1nnnn1-c1cccc(Cl)c1Cl. The quantitative estimate of drug-likeness (QED) is 0.719. The average Bonchev–Trinajstić information content (AvgIpc) is 2.93. The Labute approximate surface area is 135 Å². The smallest absolute Gasteiger partial charge is 0.189 e. The molecule has 0 amide bonds. The number of rotatable bonds is 2. The van der Waals surface area contributed by atoms with Gasteiger partial charge in [-0.25, -0.2) is 0 Å². The molecular weight excluding hydrogens is 333 g/mol. The van der Waals surface area contributed by atoms with Crippen molar-refractivity contribution in [1.29, 1.82) is 0 Å². The highest BCUT2D eigenvalue weighted by atomic mass is 35.5. The van der Waals surface area contributed by atoms with Gasteiger partial charge >= 0.3 is 0 Å². The molecule has 3 aromatic rings. The third-order valence-corrected chi connectivity index (χ3v) is 3.93. The van der Waals surface area contributed by atoms with Crippen molar-refractivity contribution in [2.45, 2.75) is 0 Å². The van der Waals surface area contributed by atoms with Crippen LogP contribution < -0.4 is 5.73 Å². The molecule has 1 heterocycles. The van der Waals surface area contributed by atoms with Crippen LogP contribution in [-0.2, 0) is 0 Å². The molecule has 8 heteroatoms. The summed E-state index contributed by atoms with van der Waals surface area (Å²) in [6, 6.07) is 10.3. The summed E-state index contributed by atoms with van der Waals surface area (Å²) in [6.07, 6.45) is 0. The Morgan fingerprint density at radius 2 is 1.86 bits per heavy atom. The standard InChI is InChI=1S/C13H8Cl3N5/c14-7-4-5-10(17)8(6-7)13-18-19-20-21(13)11-3-1-2-9(15)12(11)16/h1-6H,17H2. The number of tetrazole rings is 1. The number of anilines is 1. The molecule has 2 N–H and O–H groups in total. The fourth-order valence-electron chi connectivity index (χ4n) is 1.90. The number of nitrogens with two attached hydrogens (primary N) is 1. The van der Waals surface area contributed by atoms with Crippen LogP contribution in [0.4, 0.5) is 5.69 Å². The van der Waals surface area contributed by atoms with Crippen LogP contribution in [0.3, 0.4) is 0 Å². The first-order valence-electron chi connectivity index (χ1n) is 5.86. The zero-order chi connectivity index (χ0) is 15.0. The Balaban J connectivity index is 2.22. The van der Waals surface area contributed by atoms with Crippen LogP contribution in [-0.4, -0.2) is 20.2 Å². The largest absolute Gasteiger partial charge is 0.398 e. The summed E-state index contributed by atoms with van der Waals surface area (Å²) in [7, 11) is 0. The van der Waals surface area contributed by atoms with Gasteiger partial charge < -0.3 is 5.73 Å². The molecule has 0 fully saturated rings. The van der Waals surface area contributed by atoms with Crippen LogP contribution >= 0.6 is 34.8 Å². The Hall–Kier alpha value is -1.82. The lowest BCUT2D eigenvalue weighted by molar-refractivity contribution is 0.791. The molecule has 2 aromatic carbocycles. The topological polar surface area (TPSA) is 69.6 Å². The normalized spacial score (nSPS) is 10.8. The highest BCUT2D eigenvalue weighted by Crippen LogP contribution is 2.32. The van der Waals surface area contributed by atoms with Crippen LogP contribution in [0.15, 0.2) is 36.4 Å². The molecule has 0 aliphatic heterocycles. The first-order valence-corrected chi connectivity index (χ1v) is 6.99. The summed E-state index contributed by atoms with van der Waals surface area (Å²) < 4.78 is 1.47. The summed E-state index contributed by atoms with van der Waals surface area (Å²) in [6.45, 7) is 0. The number of benzene rings is 2. The maximum Gasteiger partial charge on any atom is 0.189 e. The maximum atomic E-state index is 6.21. The summed E-state index contributed by atoms with van der Waals surface area (Å²) in [5, 5.41) is 12.9. The molecule has 3 rings (SSSR count). The lowest BCUT2D eigenvalue weighted by Crippen LogP contribution is -2.02. The van der Waals surface area contributed by atoms with Crippen LogP contribution in [0.25, 0.3) is 17.1 Å². The molecule has 0 saturated heterocycles. The van der Waals surface area contributed by atoms with Gasteiger partial charge in [0, 0.05) is 16.3 Å². The molecule has 0 atom stereocenters. The first-order chi connectivity index (χ1) is 10.1. The Kier molecular flexibility index (Phi) is 3.71. The fourth-order valence-corrected chi connectivity index (χ4v) is 2.44. The van der Waals surface area contributed by atoms with Crippen molar-refractivity contribution in [3.05, 3.63) is 51.5 Å². The van der Waals surface area contributed by atoms with E-state index in [1.165, 1.54) is 4.68 Å². The van der Waals surface area contributed by atoms with Crippen molar-refractivity contribution in [3.8, 4) is 17.1 Å². The minimum atomic E-state index is 0.355. The second-order valence-electron chi connectivity index (χ2n) is 4.22. The van der Waals surface area contributed by atoms with Crippen LogP contribution in [0.5, 0.6) is 0 Å². The highest BCUT2D eigenvalue weighted by Gasteiger charge is 2.16. The van der Waals surface area contributed by atoms with Crippen molar-refractivity contribution >= 4 is 40.5 Å². The van der Waals surface area contributed by atoms with Crippen molar-refractivity contribution in [2.75, 3.05) is 5.73 Å². The van der Waals surface area contributed by atoms with Crippen LogP contribution in [0.1, 0.15) is 0 Å². The van der Waals surface area contributed by atoms with E-state index in [4.69, 9.17) is 40.5 Å². The molecule has 5 nitrogen and oxygen atoms in total. The van der Waals surface area contributed by atoms with Crippen molar-refractivity contribution in [1.82, 2.24) is 20.2 Å². The molecule has 1 aromatic heterocycles. The Morgan fingerprint density at radius 3 is 2.67 bits per heavy atom. The van der Waals surface area contributed by atoms with Gasteiger partial charge in [-0.2, -0.15) is 4.68 Å². The van der Waals surface area contributed by atoms with Gasteiger partial charge in [-0.15, -0.1) is 5.10 Å². The molecule has 21 heavy (non-hydrogen) atoms. The predicted octanol–water partition coefficient (Wildman–Crippen LogP) is 3.87. The van der Waals surface area contributed by atoms with E-state index in [9.17, 15) is 0 Å². The van der Waals surface area contributed by atoms with Crippen molar-refractivity contribution in [3.63, 3.8) is 0 Å². The van der Waals surface area contributed by atoms with Gasteiger partial charge in [0.2, 0.25) is 0 Å². The number of hydrogen-bond acceptors (Lipinski definition) is 4. The number of nitrogens with zero attached hydrogens (tertiary/aromatic N) is 4. The Morgan fingerprint density at radius 1 is 1.05 bits per heavy atom. The summed E-state index contributed by atoms with van der Waals surface area (Å²) in [5.41, 5.74) is 7.65. The van der Waals surface area contributed by atoms with Crippen molar-refractivity contribution in [2.24, 2.45) is 0 Å². The minimum Gasteiger partial charge on any atom is -0.398 e. The summed E-state index contributed by atoms with van der Waals surface area (Å²) in [5.74, 6) is 0.430. The van der Waals surface area contributed by atoms with Crippen LogP contribution in [0, 0.1) is 0 Å². The van der Waals surface area contributed by atoms with Gasteiger partial charge in [0.05, 0.1) is 15.7 Å². The van der Waals surface area contributed by atoms with E-state index in [1.54, 1.807) is 36.4 Å². The Bertz CT molecular complexity index is 799. The molecular formula is C13H8Cl3N5. The maximum absolute atomic E-state index is 6.21. The van der Waals surface area contributed by atoms with Crippen LogP contribution in [0.2, 0.25) is 15.1 Å². The first kappa shape index (κ1) is 14.1. The van der Waals surface area contributed by atoms with Gasteiger partial charge in [0.25, 0.3) is 0 Å². The van der Waals surface area contributed by atoms with E-state index in [1.807, 2.05) is 0 Å². The number of halogens is 3. The van der Waals surface area contributed by atoms with Gasteiger partial charge in [0.1, 0.15) is 0 Å². The predicted molar refractivity (Wildman–Crippen MR) is 84.0 cm³/mol. The van der Waals surface area contributed by atoms with E-state index in [0.717, 1.165) is 0 Å². The van der Waals surface area contributed by atoms with Gasteiger partial charge in [-0.1, -0.05) is 40.9 Å². The van der Waals surface area contributed by atoms with E-state index in [-0.39, 0.29) is 0 Å². The third kappa shape index (κ3) is 2.55. The fraction of sp³-hybridized carbons (Fsp3) is 0. The van der Waals surface area contributed by atoms with E-state index < -0.39 is 0 Å². The molecule has 0 aliphatic rings. The number of nitrogen functional groups attached to an aromatic ring is 1. The summed E-state index contributed by atoms with van der Waals surface area (Å²) >= 11 is 18.2.